The Balaban J connectivity index is 2.58. The van der Waals surface area contributed by atoms with Gasteiger partial charge in [0, 0.05) is 0 Å². The molecule has 0 saturated heterocycles. The molecule has 1 unspecified atom stereocenters. The van der Waals surface area contributed by atoms with Crippen LogP contribution in [0.5, 0.6) is 11.5 Å². The molecule has 0 fully saturated rings. The number of hydrogen-bond acceptors (Lipinski definition) is 3. The van der Waals surface area contributed by atoms with Crippen LogP contribution in [-0.4, -0.2) is 17.7 Å². The summed E-state index contributed by atoms with van der Waals surface area (Å²) in [6.45, 7) is 4.79. The molecule has 1 aromatic carbocycles. The maximum absolute atomic E-state index is 5.66. The standard InChI is InChI=1S/C13H19NO2S/c1-3-9-15-10-5-7-11(8-6-10)16-12(4-2)13(14)17/h5-8,12H,3-4,9H2,1-2H3,(H2,14,17). The fourth-order valence-electron chi connectivity index (χ4n) is 1.34. The highest BCUT2D eigenvalue weighted by atomic mass is 32.1. The molecule has 0 heterocycles. The van der Waals surface area contributed by atoms with Crippen molar-refractivity contribution in [2.45, 2.75) is 32.8 Å². The van der Waals surface area contributed by atoms with Gasteiger partial charge >= 0.3 is 0 Å². The summed E-state index contributed by atoms with van der Waals surface area (Å²) in [5, 5.41) is 0. The monoisotopic (exact) mass is 253 g/mol. The summed E-state index contributed by atoms with van der Waals surface area (Å²) in [6.07, 6.45) is 1.56. The van der Waals surface area contributed by atoms with Gasteiger partial charge < -0.3 is 15.2 Å². The fraction of sp³-hybridized carbons (Fsp3) is 0.462. The summed E-state index contributed by atoms with van der Waals surface area (Å²) in [7, 11) is 0. The van der Waals surface area contributed by atoms with Crippen molar-refractivity contribution in [2.24, 2.45) is 5.73 Å². The summed E-state index contributed by atoms with van der Waals surface area (Å²) in [5.74, 6) is 1.61. The smallest absolute Gasteiger partial charge is 0.148 e. The molecule has 0 amide bonds. The van der Waals surface area contributed by atoms with Crippen LogP contribution in [0.4, 0.5) is 0 Å². The number of hydrogen-bond donors (Lipinski definition) is 1. The Morgan fingerprint density at radius 1 is 1.24 bits per heavy atom. The topological polar surface area (TPSA) is 44.5 Å². The van der Waals surface area contributed by atoms with Gasteiger partial charge in [-0.05, 0) is 37.1 Å². The summed E-state index contributed by atoms with van der Waals surface area (Å²) < 4.78 is 11.1. The third-order valence-electron chi connectivity index (χ3n) is 2.26. The van der Waals surface area contributed by atoms with Crippen LogP contribution in [0.2, 0.25) is 0 Å². The third kappa shape index (κ3) is 4.61. The average Bonchev–Trinajstić information content (AvgIpc) is 2.34. The average molecular weight is 253 g/mol. The Morgan fingerprint density at radius 2 is 1.82 bits per heavy atom. The highest BCUT2D eigenvalue weighted by Gasteiger charge is 2.10. The summed E-state index contributed by atoms with van der Waals surface area (Å²) in [4.78, 5) is 0.388. The van der Waals surface area contributed by atoms with E-state index in [-0.39, 0.29) is 6.10 Å². The van der Waals surface area contributed by atoms with E-state index in [1.54, 1.807) is 0 Å². The van der Waals surface area contributed by atoms with Crippen molar-refractivity contribution >= 4 is 17.2 Å². The van der Waals surface area contributed by atoms with Gasteiger partial charge in [-0.25, -0.2) is 0 Å². The van der Waals surface area contributed by atoms with Crippen molar-refractivity contribution in [1.82, 2.24) is 0 Å². The van der Waals surface area contributed by atoms with Crippen LogP contribution in [0.15, 0.2) is 24.3 Å². The van der Waals surface area contributed by atoms with E-state index in [1.165, 1.54) is 0 Å². The Hall–Kier alpha value is -1.29. The zero-order chi connectivity index (χ0) is 12.7. The fourth-order valence-corrected chi connectivity index (χ4v) is 1.56. The molecule has 0 spiro atoms. The van der Waals surface area contributed by atoms with Crippen LogP contribution >= 0.6 is 12.2 Å². The molecular formula is C13H19NO2S. The molecule has 0 aromatic heterocycles. The summed E-state index contributed by atoms with van der Waals surface area (Å²) in [6, 6.07) is 7.51. The molecule has 1 rings (SSSR count). The highest BCUT2D eigenvalue weighted by Crippen LogP contribution is 2.19. The Labute approximate surface area is 108 Å². The second-order valence-corrected chi connectivity index (χ2v) is 4.21. The predicted octanol–water partition coefficient (Wildman–Crippen LogP) is 2.92. The van der Waals surface area contributed by atoms with Crippen LogP contribution in [-0.2, 0) is 0 Å². The molecule has 2 N–H and O–H groups in total. The van der Waals surface area contributed by atoms with E-state index < -0.39 is 0 Å². The molecule has 94 valence electrons. The van der Waals surface area contributed by atoms with Gasteiger partial charge in [0.15, 0.2) is 0 Å². The molecule has 0 bridgehead atoms. The molecule has 1 atom stereocenters. The van der Waals surface area contributed by atoms with Gasteiger partial charge in [-0.2, -0.15) is 0 Å². The predicted molar refractivity (Wildman–Crippen MR) is 73.7 cm³/mol. The van der Waals surface area contributed by atoms with E-state index in [1.807, 2.05) is 31.2 Å². The lowest BCUT2D eigenvalue weighted by Crippen LogP contribution is -2.31. The van der Waals surface area contributed by atoms with Crippen LogP contribution in [0.3, 0.4) is 0 Å². The summed E-state index contributed by atoms with van der Waals surface area (Å²) in [5.41, 5.74) is 5.57. The number of nitrogens with two attached hydrogens (primary N) is 1. The normalized spacial score (nSPS) is 11.9. The number of ether oxygens (including phenoxy) is 2. The van der Waals surface area contributed by atoms with Gasteiger partial charge in [-0.1, -0.05) is 26.1 Å². The molecule has 4 heteroatoms. The van der Waals surface area contributed by atoms with Gasteiger partial charge in [0.05, 0.1) is 6.61 Å². The molecule has 0 aliphatic heterocycles. The molecule has 0 saturated carbocycles. The molecule has 1 aromatic rings. The first kappa shape index (κ1) is 13.8. The van der Waals surface area contributed by atoms with E-state index in [4.69, 9.17) is 27.4 Å². The van der Waals surface area contributed by atoms with Crippen LogP contribution in [0, 0.1) is 0 Å². The zero-order valence-corrected chi connectivity index (χ0v) is 11.1. The van der Waals surface area contributed by atoms with Crippen LogP contribution < -0.4 is 15.2 Å². The molecule has 0 aliphatic rings. The Morgan fingerprint density at radius 3 is 2.29 bits per heavy atom. The van der Waals surface area contributed by atoms with E-state index in [0.717, 1.165) is 30.9 Å². The minimum absolute atomic E-state index is 0.201. The second kappa shape index (κ2) is 7.12. The first-order chi connectivity index (χ1) is 8.17. The van der Waals surface area contributed by atoms with Crippen molar-refractivity contribution in [1.29, 1.82) is 0 Å². The van der Waals surface area contributed by atoms with Crippen molar-refractivity contribution in [2.75, 3.05) is 6.61 Å². The number of benzene rings is 1. The SMILES string of the molecule is CCCOc1ccc(OC(CC)C(N)=S)cc1. The van der Waals surface area contributed by atoms with E-state index in [9.17, 15) is 0 Å². The summed E-state index contributed by atoms with van der Waals surface area (Å²) >= 11 is 4.93. The minimum atomic E-state index is -0.201. The van der Waals surface area contributed by atoms with Crippen molar-refractivity contribution in [3.8, 4) is 11.5 Å². The maximum atomic E-state index is 5.66. The highest BCUT2D eigenvalue weighted by molar-refractivity contribution is 7.80. The quantitative estimate of drug-likeness (QED) is 0.759. The largest absolute Gasteiger partial charge is 0.494 e. The van der Waals surface area contributed by atoms with Crippen LogP contribution in [0.25, 0.3) is 0 Å². The molecular weight excluding hydrogens is 234 g/mol. The van der Waals surface area contributed by atoms with Gasteiger partial charge in [0.1, 0.15) is 22.6 Å². The van der Waals surface area contributed by atoms with Gasteiger partial charge in [-0.3, -0.25) is 0 Å². The van der Waals surface area contributed by atoms with Crippen molar-refractivity contribution in [3.63, 3.8) is 0 Å². The Bertz CT molecular complexity index is 351. The number of thiocarbonyl (C=S) groups is 1. The van der Waals surface area contributed by atoms with Gasteiger partial charge in [-0.15, -0.1) is 0 Å². The lowest BCUT2D eigenvalue weighted by atomic mass is 10.2. The molecule has 0 radical (unpaired) electrons. The van der Waals surface area contributed by atoms with E-state index in [0.29, 0.717) is 4.99 Å². The lowest BCUT2D eigenvalue weighted by Gasteiger charge is -2.16. The van der Waals surface area contributed by atoms with E-state index in [2.05, 4.69) is 6.92 Å². The van der Waals surface area contributed by atoms with Crippen molar-refractivity contribution < 1.29 is 9.47 Å². The molecule has 17 heavy (non-hydrogen) atoms. The molecule has 0 aliphatic carbocycles. The zero-order valence-electron chi connectivity index (χ0n) is 10.3. The number of rotatable bonds is 7. The molecule has 3 nitrogen and oxygen atoms in total. The first-order valence-electron chi connectivity index (χ1n) is 5.86. The van der Waals surface area contributed by atoms with E-state index >= 15 is 0 Å². The first-order valence-corrected chi connectivity index (χ1v) is 6.27. The van der Waals surface area contributed by atoms with Crippen LogP contribution in [0.1, 0.15) is 26.7 Å². The van der Waals surface area contributed by atoms with Crippen molar-refractivity contribution in [3.05, 3.63) is 24.3 Å². The second-order valence-electron chi connectivity index (χ2n) is 3.74. The Kier molecular flexibility index (Phi) is 5.77. The van der Waals surface area contributed by atoms with Gasteiger partial charge in [0.2, 0.25) is 0 Å². The maximum Gasteiger partial charge on any atom is 0.148 e. The van der Waals surface area contributed by atoms with Gasteiger partial charge in [0.25, 0.3) is 0 Å². The minimum Gasteiger partial charge on any atom is -0.494 e. The lowest BCUT2D eigenvalue weighted by molar-refractivity contribution is 0.263. The third-order valence-corrected chi connectivity index (χ3v) is 2.53.